The Morgan fingerprint density at radius 1 is 0.600 bits per heavy atom. The van der Waals surface area contributed by atoms with Gasteiger partial charge in [-0.2, -0.15) is 0 Å². The molecule has 25 heavy (non-hydrogen) atoms. The normalized spacial score (nSPS) is 11.5. The summed E-state index contributed by atoms with van der Waals surface area (Å²) in [6, 6.07) is 0. The highest BCUT2D eigenvalue weighted by molar-refractivity contribution is 7.39. The molecule has 0 amide bonds. The van der Waals surface area contributed by atoms with E-state index in [1.807, 2.05) is 0 Å². The molecular formula is C20H44NO3P. The highest BCUT2D eigenvalue weighted by atomic mass is 31.2. The van der Waals surface area contributed by atoms with Crippen molar-refractivity contribution in [1.29, 1.82) is 0 Å². The topological polar surface area (TPSA) is 61.7 Å². The summed E-state index contributed by atoms with van der Waals surface area (Å²) in [6.07, 6.45) is 22.3. The van der Waals surface area contributed by atoms with E-state index in [0.29, 0.717) is 13.2 Å². The van der Waals surface area contributed by atoms with Gasteiger partial charge in [0.25, 0.3) is 0 Å². The number of rotatable bonds is 21. The molecule has 0 saturated carbocycles. The van der Waals surface area contributed by atoms with Crippen molar-refractivity contribution in [3.8, 4) is 0 Å². The Kier molecular flexibility index (Phi) is 22.6. The SMILES string of the molecule is CCCCCCCCCCCCCCCCCCNCCOP(O)O. The number of hydrogen-bond acceptors (Lipinski definition) is 4. The van der Waals surface area contributed by atoms with E-state index in [4.69, 9.17) is 9.79 Å². The maximum atomic E-state index is 8.57. The fourth-order valence-corrected chi connectivity index (χ4v) is 3.38. The molecule has 0 aliphatic carbocycles. The van der Waals surface area contributed by atoms with Gasteiger partial charge in [-0.15, -0.1) is 0 Å². The molecule has 4 nitrogen and oxygen atoms in total. The fourth-order valence-electron chi connectivity index (χ4n) is 3.12. The Morgan fingerprint density at radius 3 is 1.40 bits per heavy atom. The van der Waals surface area contributed by atoms with Gasteiger partial charge < -0.3 is 19.6 Å². The zero-order chi connectivity index (χ0) is 18.4. The molecule has 0 fully saturated rings. The second kappa shape index (κ2) is 22.3. The van der Waals surface area contributed by atoms with Gasteiger partial charge >= 0.3 is 8.60 Å². The largest absolute Gasteiger partial charge is 0.328 e. The summed E-state index contributed by atoms with van der Waals surface area (Å²) in [7, 11) is -2.19. The molecule has 0 aromatic rings. The fraction of sp³-hybridized carbons (Fsp3) is 1.00. The standard InChI is InChI=1S/C20H44NO3P/c1-2-3-4-5-6-7-8-9-10-11-12-13-14-15-16-17-18-21-19-20-24-25(22)23/h21-23H,2-20H2,1H3. The molecule has 0 atom stereocenters. The Hall–Kier alpha value is 0.270. The third-order valence-electron chi connectivity index (χ3n) is 4.69. The molecule has 3 N–H and O–H groups in total. The Labute approximate surface area is 158 Å². The van der Waals surface area contributed by atoms with Gasteiger partial charge in [0.2, 0.25) is 0 Å². The van der Waals surface area contributed by atoms with Crippen molar-refractivity contribution in [2.24, 2.45) is 0 Å². The summed E-state index contributed by atoms with van der Waals surface area (Å²) in [5, 5.41) is 3.25. The van der Waals surface area contributed by atoms with Crippen LogP contribution in [0.5, 0.6) is 0 Å². The van der Waals surface area contributed by atoms with E-state index in [2.05, 4.69) is 16.8 Å². The quantitative estimate of drug-likeness (QED) is 0.168. The van der Waals surface area contributed by atoms with E-state index in [-0.39, 0.29) is 0 Å². The molecule has 0 aliphatic heterocycles. The van der Waals surface area contributed by atoms with Crippen LogP contribution in [0.2, 0.25) is 0 Å². The average Bonchev–Trinajstić information content (AvgIpc) is 2.60. The minimum Gasteiger partial charge on any atom is -0.328 e. The van der Waals surface area contributed by atoms with Crippen molar-refractivity contribution < 1.29 is 14.3 Å². The van der Waals surface area contributed by atoms with Crippen molar-refractivity contribution in [2.45, 2.75) is 110 Å². The van der Waals surface area contributed by atoms with Gasteiger partial charge in [0.15, 0.2) is 0 Å². The van der Waals surface area contributed by atoms with E-state index >= 15 is 0 Å². The minimum absolute atomic E-state index is 0.373. The third kappa shape index (κ3) is 24.3. The third-order valence-corrected chi connectivity index (χ3v) is 5.11. The van der Waals surface area contributed by atoms with Crippen molar-refractivity contribution in [3.63, 3.8) is 0 Å². The van der Waals surface area contributed by atoms with Crippen LogP contribution in [-0.4, -0.2) is 29.5 Å². The molecule has 152 valence electrons. The summed E-state index contributed by atoms with van der Waals surface area (Å²) < 4.78 is 4.69. The summed E-state index contributed by atoms with van der Waals surface area (Å²) in [5.41, 5.74) is 0. The van der Waals surface area contributed by atoms with Crippen LogP contribution in [0.1, 0.15) is 110 Å². The molecule has 0 aromatic carbocycles. The molecule has 0 spiro atoms. The minimum atomic E-state index is -2.19. The second-order valence-electron chi connectivity index (χ2n) is 7.14. The van der Waals surface area contributed by atoms with Crippen LogP contribution in [0.15, 0.2) is 0 Å². The van der Waals surface area contributed by atoms with Crippen LogP contribution in [0.3, 0.4) is 0 Å². The van der Waals surface area contributed by atoms with E-state index in [9.17, 15) is 0 Å². The van der Waals surface area contributed by atoms with Gasteiger partial charge in [-0.05, 0) is 13.0 Å². The van der Waals surface area contributed by atoms with Crippen LogP contribution in [0, 0.1) is 0 Å². The van der Waals surface area contributed by atoms with Crippen LogP contribution >= 0.6 is 8.60 Å². The van der Waals surface area contributed by atoms with Gasteiger partial charge in [-0.25, -0.2) is 0 Å². The molecule has 0 bridgehead atoms. The lowest BCUT2D eigenvalue weighted by Gasteiger charge is -2.06. The lowest BCUT2D eigenvalue weighted by atomic mass is 10.0. The van der Waals surface area contributed by atoms with Crippen molar-refractivity contribution in [1.82, 2.24) is 5.32 Å². The maximum absolute atomic E-state index is 8.57. The highest BCUT2D eigenvalue weighted by Crippen LogP contribution is 2.23. The lowest BCUT2D eigenvalue weighted by Crippen LogP contribution is -2.20. The first-order chi connectivity index (χ1) is 12.3. The van der Waals surface area contributed by atoms with Gasteiger partial charge in [0, 0.05) is 6.54 Å². The predicted octanol–water partition coefficient (Wildman–Crippen LogP) is 6.07. The first kappa shape index (κ1) is 25.3. The van der Waals surface area contributed by atoms with E-state index in [1.165, 1.54) is 103 Å². The molecule has 5 heteroatoms. The number of unbranched alkanes of at least 4 members (excludes halogenated alkanes) is 15. The molecular weight excluding hydrogens is 333 g/mol. The van der Waals surface area contributed by atoms with Gasteiger partial charge in [-0.1, -0.05) is 103 Å². The Balaban J connectivity index is 2.96. The van der Waals surface area contributed by atoms with Crippen molar-refractivity contribution in [2.75, 3.05) is 19.7 Å². The molecule has 0 radical (unpaired) electrons. The lowest BCUT2D eigenvalue weighted by molar-refractivity contribution is 0.254. The van der Waals surface area contributed by atoms with E-state index in [1.54, 1.807) is 0 Å². The summed E-state index contributed by atoms with van der Waals surface area (Å²) in [6.45, 7) is 4.34. The van der Waals surface area contributed by atoms with Crippen LogP contribution in [-0.2, 0) is 4.52 Å². The van der Waals surface area contributed by atoms with Crippen LogP contribution in [0.25, 0.3) is 0 Å². The van der Waals surface area contributed by atoms with Crippen LogP contribution in [0.4, 0.5) is 0 Å². The molecule has 0 aromatic heterocycles. The zero-order valence-corrected chi connectivity index (χ0v) is 17.6. The number of nitrogens with one attached hydrogen (secondary N) is 1. The molecule has 0 aliphatic rings. The number of hydrogen-bond donors (Lipinski definition) is 3. The smallest absolute Gasteiger partial charge is 0.327 e. The monoisotopic (exact) mass is 377 g/mol. The molecule has 0 unspecified atom stereocenters. The molecule has 0 saturated heterocycles. The van der Waals surface area contributed by atoms with E-state index < -0.39 is 8.60 Å². The summed E-state index contributed by atoms with van der Waals surface area (Å²) in [4.78, 5) is 17.1. The van der Waals surface area contributed by atoms with Gasteiger partial charge in [0.05, 0.1) is 6.61 Å². The van der Waals surface area contributed by atoms with Crippen LogP contribution < -0.4 is 5.32 Å². The first-order valence-electron chi connectivity index (χ1n) is 10.8. The Bertz CT molecular complexity index is 243. The van der Waals surface area contributed by atoms with Crippen molar-refractivity contribution >= 4 is 8.60 Å². The van der Waals surface area contributed by atoms with Gasteiger partial charge in [0.1, 0.15) is 0 Å². The zero-order valence-electron chi connectivity index (χ0n) is 16.7. The van der Waals surface area contributed by atoms with Gasteiger partial charge in [-0.3, -0.25) is 0 Å². The predicted molar refractivity (Wildman–Crippen MR) is 110 cm³/mol. The maximum Gasteiger partial charge on any atom is 0.327 e. The Morgan fingerprint density at radius 2 is 1.00 bits per heavy atom. The highest BCUT2D eigenvalue weighted by Gasteiger charge is 1.97. The second-order valence-corrected chi connectivity index (χ2v) is 7.90. The van der Waals surface area contributed by atoms with Crippen molar-refractivity contribution in [3.05, 3.63) is 0 Å². The molecule has 0 rings (SSSR count). The average molecular weight is 378 g/mol. The first-order valence-corrected chi connectivity index (χ1v) is 12.0. The van der Waals surface area contributed by atoms with E-state index in [0.717, 1.165) is 6.54 Å². The summed E-state index contributed by atoms with van der Waals surface area (Å²) >= 11 is 0. The molecule has 0 heterocycles. The summed E-state index contributed by atoms with van der Waals surface area (Å²) in [5.74, 6) is 0.